The highest BCUT2D eigenvalue weighted by molar-refractivity contribution is 5.73. The lowest BCUT2D eigenvalue weighted by Crippen LogP contribution is -2.51. The highest BCUT2D eigenvalue weighted by atomic mass is 17.2. The van der Waals surface area contributed by atoms with Gasteiger partial charge in [0.25, 0.3) is 0 Å². The van der Waals surface area contributed by atoms with Gasteiger partial charge in [-0.05, 0) is 26.7 Å². The van der Waals surface area contributed by atoms with Gasteiger partial charge in [0.05, 0.1) is 6.42 Å². The zero-order chi connectivity index (χ0) is 16.1. The molecule has 0 aliphatic carbocycles. The molecule has 22 heavy (non-hydrogen) atoms. The Labute approximate surface area is 132 Å². The lowest BCUT2D eigenvalue weighted by atomic mass is 9.82. The Morgan fingerprint density at radius 1 is 1.14 bits per heavy atom. The summed E-state index contributed by atoms with van der Waals surface area (Å²) in [4.78, 5) is 32.7. The minimum atomic E-state index is -0.543. The van der Waals surface area contributed by atoms with Crippen molar-refractivity contribution < 1.29 is 24.1 Å². The van der Waals surface area contributed by atoms with E-state index in [1.807, 2.05) is 13.8 Å². The monoisotopic (exact) mass is 312 g/mol. The second-order valence-corrected chi connectivity index (χ2v) is 7.11. The lowest BCUT2D eigenvalue weighted by molar-refractivity contribution is -0.428. The maximum Gasteiger partial charge on any atom is 0.309 e. The molecular weight excluding hydrogens is 284 g/mol. The molecule has 0 radical (unpaired) electrons. The second kappa shape index (κ2) is 7.55. The summed E-state index contributed by atoms with van der Waals surface area (Å²) in [5.41, 5.74) is -0.924. The van der Waals surface area contributed by atoms with Crippen molar-refractivity contribution in [3.8, 4) is 0 Å². The molecule has 0 aromatic carbocycles. The predicted octanol–water partition coefficient (Wildman–Crippen LogP) is 3.49. The van der Waals surface area contributed by atoms with Gasteiger partial charge in [0.2, 0.25) is 0 Å². The first-order valence-corrected chi connectivity index (χ1v) is 8.47. The maximum atomic E-state index is 11.5. The SMILES string of the molecule is C[C@]1(CCCCCCCCC=O)C[C@]2(C)OC(=O)C[C@@H]2OO1. The summed E-state index contributed by atoms with van der Waals surface area (Å²) in [6, 6.07) is 0. The summed E-state index contributed by atoms with van der Waals surface area (Å²) in [7, 11) is 0. The van der Waals surface area contributed by atoms with E-state index in [1.54, 1.807) is 0 Å². The Morgan fingerprint density at radius 3 is 2.55 bits per heavy atom. The van der Waals surface area contributed by atoms with Gasteiger partial charge < -0.3 is 9.53 Å². The molecule has 2 heterocycles. The fourth-order valence-electron chi connectivity index (χ4n) is 3.53. The van der Waals surface area contributed by atoms with Crippen LogP contribution in [0.4, 0.5) is 0 Å². The molecule has 0 spiro atoms. The first kappa shape index (κ1) is 17.4. The molecule has 2 fully saturated rings. The van der Waals surface area contributed by atoms with Crippen molar-refractivity contribution in [2.75, 3.05) is 0 Å². The molecule has 126 valence electrons. The number of unbranched alkanes of at least 4 members (excludes halogenated alkanes) is 6. The Kier molecular flexibility index (Phi) is 5.98. The van der Waals surface area contributed by atoms with Gasteiger partial charge in [0.1, 0.15) is 23.6 Å². The first-order valence-electron chi connectivity index (χ1n) is 8.47. The van der Waals surface area contributed by atoms with Crippen LogP contribution in [0.2, 0.25) is 0 Å². The van der Waals surface area contributed by atoms with Gasteiger partial charge in [-0.1, -0.05) is 32.1 Å². The Hall–Kier alpha value is -0.940. The number of hydrogen-bond acceptors (Lipinski definition) is 5. The van der Waals surface area contributed by atoms with Gasteiger partial charge >= 0.3 is 5.97 Å². The summed E-state index contributed by atoms with van der Waals surface area (Å²) in [5, 5.41) is 0. The fraction of sp³-hybridized carbons (Fsp3) is 0.882. The van der Waals surface area contributed by atoms with Crippen LogP contribution < -0.4 is 0 Å². The molecule has 0 amide bonds. The zero-order valence-corrected chi connectivity index (χ0v) is 13.8. The topological polar surface area (TPSA) is 61.8 Å². The number of rotatable bonds is 9. The third-order valence-electron chi connectivity index (χ3n) is 4.75. The van der Waals surface area contributed by atoms with Gasteiger partial charge in [0.15, 0.2) is 0 Å². The molecule has 2 aliphatic heterocycles. The van der Waals surface area contributed by atoms with Crippen molar-refractivity contribution >= 4 is 12.3 Å². The molecule has 0 aromatic rings. The summed E-state index contributed by atoms with van der Waals surface area (Å²) in [6.07, 6.45) is 10.0. The standard InChI is InChI=1S/C17H28O5/c1-16(10-8-6-4-3-5-7-9-11-18)13-17(2)14(21-22-16)12-15(19)20-17/h11,14H,3-10,12-13H2,1-2H3/t14-,16-,17-/m0/s1. The quantitative estimate of drug-likeness (QED) is 0.282. The lowest BCUT2D eigenvalue weighted by Gasteiger charge is -2.43. The fourth-order valence-corrected chi connectivity index (χ4v) is 3.53. The maximum absolute atomic E-state index is 11.5. The Bertz CT molecular complexity index is 397. The van der Waals surface area contributed by atoms with Crippen molar-refractivity contribution in [3.05, 3.63) is 0 Å². The highest BCUT2D eigenvalue weighted by Crippen LogP contribution is 2.44. The minimum absolute atomic E-state index is 0.198. The molecule has 0 aromatic heterocycles. The van der Waals surface area contributed by atoms with Gasteiger partial charge in [-0.15, -0.1) is 0 Å². The largest absolute Gasteiger partial charge is 0.456 e. The van der Waals surface area contributed by atoms with E-state index < -0.39 is 5.60 Å². The van der Waals surface area contributed by atoms with Crippen LogP contribution >= 0.6 is 0 Å². The number of aldehydes is 1. The molecule has 0 saturated carbocycles. The molecule has 5 nitrogen and oxygen atoms in total. The number of hydrogen-bond donors (Lipinski definition) is 0. The summed E-state index contributed by atoms with van der Waals surface area (Å²) in [5.74, 6) is -0.198. The van der Waals surface area contributed by atoms with E-state index in [9.17, 15) is 9.59 Å². The van der Waals surface area contributed by atoms with Crippen LogP contribution in [0.5, 0.6) is 0 Å². The van der Waals surface area contributed by atoms with Crippen LogP contribution in [0.25, 0.3) is 0 Å². The third kappa shape index (κ3) is 4.53. The molecular formula is C17H28O5. The summed E-state index contributed by atoms with van der Waals surface area (Å²) in [6.45, 7) is 3.97. The van der Waals surface area contributed by atoms with E-state index in [4.69, 9.17) is 14.5 Å². The summed E-state index contributed by atoms with van der Waals surface area (Å²) < 4.78 is 5.46. The van der Waals surface area contributed by atoms with Crippen LogP contribution in [0.1, 0.15) is 78.1 Å². The molecule has 2 rings (SSSR count). The second-order valence-electron chi connectivity index (χ2n) is 7.11. The van der Waals surface area contributed by atoms with Gasteiger partial charge in [-0.25, -0.2) is 9.78 Å². The van der Waals surface area contributed by atoms with Crippen LogP contribution in [-0.2, 0) is 24.1 Å². The van der Waals surface area contributed by atoms with Gasteiger partial charge in [-0.3, -0.25) is 4.79 Å². The normalized spacial score (nSPS) is 34.3. The van der Waals surface area contributed by atoms with Crippen molar-refractivity contribution in [3.63, 3.8) is 0 Å². The predicted molar refractivity (Wildman–Crippen MR) is 81.1 cm³/mol. The molecule has 2 aliphatic rings. The number of carbonyl (C=O) groups excluding carboxylic acids is 2. The highest BCUT2D eigenvalue weighted by Gasteiger charge is 2.55. The van der Waals surface area contributed by atoms with Crippen LogP contribution in [-0.4, -0.2) is 29.6 Å². The van der Waals surface area contributed by atoms with Crippen molar-refractivity contribution in [2.45, 2.75) is 95.4 Å². The molecule has 0 unspecified atom stereocenters. The van der Waals surface area contributed by atoms with Crippen LogP contribution in [0, 0.1) is 0 Å². The molecule has 5 heteroatoms. The third-order valence-corrected chi connectivity index (χ3v) is 4.75. The van der Waals surface area contributed by atoms with Crippen molar-refractivity contribution in [1.82, 2.24) is 0 Å². The van der Waals surface area contributed by atoms with Gasteiger partial charge in [0, 0.05) is 12.8 Å². The van der Waals surface area contributed by atoms with Crippen molar-refractivity contribution in [2.24, 2.45) is 0 Å². The Morgan fingerprint density at radius 2 is 1.82 bits per heavy atom. The number of ether oxygens (including phenoxy) is 1. The van der Waals surface area contributed by atoms with E-state index in [2.05, 4.69) is 0 Å². The van der Waals surface area contributed by atoms with E-state index in [1.165, 1.54) is 12.8 Å². The van der Waals surface area contributed by atoms with Crippen molar-refractivity contribution in [1.29, 1.82) is 0 Å². The Balaban J connectivity index is 1.65. The minimum Gasteiger partial charge on any atom is -0.456 e. The number of fused-ring (bicyclic) bond motifs is 1. The molecule has 2 saturated heterocycles. The molecule has 3 atom stereocenters. The van der Waals surface area contributed by atoms with E-state index >= 15 is 0 Å². The van der Waals surface area contributed by atoms with Gasteiger partial charge in [-0.2, -0.15) is 0 Å². The zero-order valence-electron chi connectivity index (χ0n) is 13.8. The average Bonchev–Trinajstić information content (AvgIpc) is 2.74. The number of carbonyl (C=O) groups is 2. The van der Waals surface area contributed by atoms with E-state index in [-0.39, 0.29) is 24.1 Å². The van der Waals surface area contributed by atoms with Crippen LogP contribution in [0.15, 0.2) is 0 Å². The smallest absolute Gasteiger partial charge is 0.309 e. The molecule has 0 bridgehead atoms. The first-order chi connectivity index (χ1) is 10.5. The summed E-state index contributed by atoms with van der Waals surface area (Å²) >= 11 is 0. The molecule has 0 N–H and O–H groups in total. The van der Waals surface area contributed by atoms with E-state index in [0.29, 0.717) is 12.8 Å². The average molecular weight is 312 g/mol. The van der Waals surface area contributed by atoms with Crippen LogP contribution in [0.3, 0.4) is 0 Å². The number of esters is 1. The van der Waals surface area contributed by atoms with E-state index in [0.717, 1.165) is 38.4 Å².